The van der Waals surface area contributed by atoms with Gasteiger partial charge in [-0.2, -0.15) is 0 Å². The Labute approximate surface area is 488 Å². The third-order valence-corrected chi connectivity index (χ3v) is 14.0. The quantitative estimate of drug-likeness (QED) is 0.0383. The van der Waals surface area contributed by atoms with Gasteiger partial charge in [0.1, 0.15) is 72.5 Å². The molecule has 1 aromatic carbocycles. The molecule has 0 bridgehead atoms. The fourth-order valence-electron chi connectivity index (χ4n) is 9.10. The first-order valence-electron chi connectivity index (χ1n) is 28.0. The van der Waals surface area contributed by atoms with E-state index in [2.05, 4.69) is 38.8 Å². The van der Waals surface area contributed by atoms with Crippen molar-refractivity contribution in [1.29, 1.82) is 0 Å². The lowest BCUT2D eigenvalue weighted by Gasteiger charge is -2.38. The first-order valence-corrected chi connectivity index (χ1v) is 28.0. The number of amides is 10. The SMILES string of the molecule is CCCCCCCCCCC[C@H](O[C@H]1OC[C@@H](O)[C@H](O)[C@H]1O)[C@H](O)[C@H](O)C[C@@H]1CC(=O)N[C@H](CO)C(=O)N[C@H]([C@H](O)c2ccc(O)cc2)C(=O)N[C@H](CCN)C(=O)NCC(=O)N[C@@H](CC(N)=O)C(=O)N[C@@H](CO)C(=O)N[C@@H]([C@H](O)C(N)=O)C(=O)N1. The van der Waals surface area contributed by atoms with Crippen molar-refractivity contribution >= 4 is 59.1 Å². The number of hydrogen-bond acceptors (Lipinski definition) is 23. The van der Waals surface area contributed by atoms with Crippen LogP contribution in [0.2, 0.25) is 0 Å². The fourth-order valence-corrected chi connectivity index (χ4v) is 9.10. The Bertz CT molecular complexity index is 2360. The molecule has 2 aliphatic rings. The van der Waals surface area contributed by atoms with Crippen molar-refractivity contribution in [1.82, 2.24) is 42.5 Å². The highest BCUT2D eigenvalue weighted by Gasteiger charge is 2.43. The molecular formula is C52H85N11O22. The van der Waals surface area contributed by atoms with Gasteiger partial charge in [-0.05, 0) is 43.5 Å². The zero-order valence-corrected chi connectivity index (χ0v) is 47.1. The monoisotopic (exact) mass is 1220 g/mol. The van der Waals surface area contributed by atoms with Crippen LogP contribution < -0.4 is 59.7 Å². The molecule has 16 atom stereocenters. The summed E-state index contributed by atoms with van der Waals surface area (Å²) in [4.78, 5) is 135. The molecular weight excluding hydrogens is 1130 g/mol. The fraction of sp³-hybridized carbons (Fsp3) is 0.692. The predicted octanol–water partition coefficient (Wildman–Crippen LogP) is -8.75. The lowest BCUT2D eigenvalue weighted by atomic mass is 9.94. The van der Waals surface area contributed by atoms with Crippen LogP contribution in [0.3, 0.4) is 0 Å². The van der Waals surface area contributed by atoms with Crippen molar-refractivity contribution < 1.29 is 108 Å². The van der Waals surface area contributed by atoms with E-state index in [0.29, 0.717) is 12.8 Å². The molecule has 3 rings (SSSR count). The third-order valence-electron chi connectivity index (χ3n) is 14.0. The molecule has 2 fully saturated rings. The van der Waals surface area contributed by atoms with E-state index in [4.69, 9.17) is 26.7 Å². The summed E-state index contributed by atoms with van der Waals surface area (Å²) < 4.78 is 11.3. The summed E-state index contributed by atoms with van der Waals surface area (Å²) in [6, 6.07) is -9.69. The smallest absolute Gasteiger partial charge is 0.248 e. The molecule has 1 aromatic rings. The summed E-state index contributed by atoms with van der Waals surface area (Å²) in [7, 11) is 0. The average Bonchev–Trinajstić information content (AvgIpc) is 3.21. The number of unbranched alkanes of at least 4 members (excludes halogenated alkanes) is 8. The molecule has 0 aromatic heterocycles. The maximum absolute atomic E-state index is 14.2. The van der Waals surface area contributed by atoms with Crippen LogP contribution in [0.5, 0.6) is 5.75 Å². The first-order chi connectivity index (χ1) is 40.3. The van der Waals surface area contributed by atoms with Crippen molar-refractivity contribution in [3.63, 3.8) is 0 Å². The maximum Gasteiger partial charge on any atom is 0.248 e. The van der Waals surface area contributed by atoms with Gasteiger partial charge in [-0.15, -0.1) is 0 Å². The van der Waals surface area contributed by atoms with Crippen molar-refractivity contribution in [2.75, 3.05) is 32.9 Å². The van der Waals surface area contributed by atoms with Gasteiger partial charge in [-0.25, -0.2) is 0 Å². The van der Waals surface area contributed by atoms with E-state index < -0.39 is 202 Å². The lowest BCUT2D eigenvalue weighted by Crippen LogP contribution is -2.63. The largest absolute Gasteiger partial charge is 0.508 e. The van der Waals surface area contributed by atoms with Crippen molar-refractivity contribution in [3.05, 3.63) is 29.8 Å². The summed E-state index contributed by atoms with van der Waals surface area (Å²) in [6.07, 6.45) is -12.6. The molecule has 0 spiro atoms. The second kappa shape index (κ2) is 36.9. The number of benzene rings is 1. The standard InChI is InChI=1S/C52H85N11O22/c1-2-3-4-5-6-7-8-9-10-11-34(85-52-44(76)42(74)33(68)24-84-52)41(73)32(67)18-26-19-36(70)59-30(22-64)48(80)62-38(40(72)25-12-14-27(66)15-13-25)51(83)60-28(16-17-53)46(78)56-21-37(71)58-29(20-35(54)69)47(79)61-31(23-65)49(81)63-39(50(82)57-26)43(75)45(55)77/h12-15,26,28-34,38-44,52,64-68,72-76H,2-11,16-24,53H2,1H3,(H2,54,69)(H2,55,77)(H,56,78)(H,57,82)(H,58,71)(H,59,70)(H,60,83)(H,61,79)(H,62,80)(H,63,81)/t26-,28-,29+,30-,31+,32-,33-,34+,38-,39+,40-,41-,42+,43+,44-,52-/m1/s1. The van der Waals surface area contributed by atoms with Crippen LogP contribution in [-0.4, -0.2) is 234 Å². The summed E-state index contributed by atoms with van der Waals surface area (Å²) in [5.41, 5.74) is 16.2. The minimum Gasteiger partial charge on any atom is -0.508 e. The van der Waals surface area contributed by atoms with E-state index in [0.717, 1.165) is 69.2 Å². The number of carbonyl (C=O) groups is 10. The Morgan fingerprint density at radius 3 is 1.78 bits per heavy atom. The number of primary amides is 2. The Kier molecular flexibility index (Phi) is 31.5. The zero-order chi connectivity index (χ0) is 63.5. The maximum atomic E-state index is 14.2. The number of carbonyl (C=O) groups excluding carboxylic acids is 10. The van der Waals surface area contributed by atoms with Gasteiger partial charge in [0.05, 0.1) is 45.0 Å². The number of phenolic OH excluding ortho intramolecular Hbond substituents is 1. The molecule has 85 heavy (non-hydrogen) atoms. The zero-order valence-electron chi connectivity index (χ0n) is 47.1. The van der Waals surface area contributed by atoms with E-state index in [1.54, 1.807) is 0 Å². The van der Waals surface area contributed by atoms with Crippen LogP contribution in [0.25, 0.3) is 0 Å². The van der Waals surface area contributed by atoms with E-state index >= 15 is 0 Å². The Hall–Kier alpha value is -6.76. The van der Waals surface area contributed by atoms with Gasteiger partial charge in [-0.3, -0.25) is 47.9 Å². The van der Waals surface area contributed by atoms with Crippen molar-refractivity contribution in [2.24, 2.45) is 17.2 Å². The van der Waals surface area contributed by atoms with Crippen LogP contribution >= 0.6 is 0 Å². The van der Waals surface area contributed by atoms with Gasteiger partial charge in [0.2, 0.25) is 59.1 Å². The molecule has 480 valence electrons. The molecule has 0 aliphatic carbocycles. The van der Waals surface area contributed by atoms with Crippen LogP contribution in [-0.2, 0) is 57.4 Å². The molecule has 33 nitrogen and oxygen atoms in total. The summed E-state index contributed by atoms with van der Waals surface area (Å²) in [5, 5.41) is 125. The van der Waals surface area contributed by atoms with E-state index in [9.17, 15) is 99.0 Å². The van der Waals surface area contributed by atoms with Crippen LogP contribution in [0.1, 0.15) is 108 Å². The lowest BCUT2D eigenvalue weighted by molar-refractivity contribution is -0.293. The molecule has 0 saturated carbocycles. The van der Waals surface area contributed by atoms with Crippen LogP contribution in [0.4, 0.5) is 0 Å². The number of phenols is 1. The van der Waals surface area contributed by atoms with E-state index in [1.165, 1.54) is 0 Å². The highest BCUT2D eigenvalue weighted by molar-refractivity contribution is 5.99. The second-order valence-electron chi connectivity index (χ2n) is 20.8. The van der Waals surface area contributed by atoms with Crippen LogP contribution in [0.15, 0.2) is 24.3 Å². The molecule has 2 aliphatic heterocycles. The number of aliphatic hydroxyl groups is 9. The van der Waals surface area contributed by atoms with E-state index in [-0.39, 0.29) is 30.7 Å². The first kappa shape index (κ1) is 72.5. The number of hydrogen-bond donors (Lipinski definition) is 21. The van der Waals surface area contributed by atoms with E-state index in [1.807, 2.05) is 10.6 Å². The molecule has 24 N–H and O–H groups in total. The van der Waals surface area contributed by atoms with Crippen molar-refractivity contribution in [3.8, 4) is 5.75 Å². The molecule has 2 saturated heterocycles. The molecule has 10 amide bonds. The topological polar surface area (TPSA) is 566 Å². The average molecular weight is 1220 g/mol. The van der Waals surface area contributed by atoms with Gasteiger partial charge < -0.3 is 120 Å². The van der Waals surface area contributed by atoms with Gasteiger partial charge in [0.25, 0.3) is 0 Å². The minimum atomic E-state index is -2.66. The summed E-state index contributed by atoms with van der Waals surface area (Å²) in [6.45, 7) is -2.28. The highest BCUT2D eigenvalue weighted by atomic mass is 16.7. The van der Waals surface area contributed by atoms with Crippen molar-refractivity contribution in [2.45, 2.75) is 194 Å². The van der Waals surface area contributed by atoms with Crippen LogP contribution in [0, 0.1) is 0 Å². The molecule has 0 radical (unpaired) electrons. The van der Waals surface area contributed by atoms with Gasteiger partial charge in [0, 0.05) is 12.5 Å². The second-order valence-corrected chi connectivity index (χ2v) is 20.8. The number of aliphatic hydroxyl groups excluding tert-OH is 9. The normalized spacial score (nSPS) is 27.5. The van der Waals surface area contributed by atoms with Gasteiger partial charge >= 0.3 is 0 Å². The van der Waals surface area contributed by atoms with Gasteiger partial charge in [-0.1, -0.05) is 76.8 Å². The molecule has 33 heteroatoms. The number of ether oxygens (including phenoxy) is 2. The predicted molar refractivity (Wildman–Crippen MR) is 292 cm³/mol. The highest BCUT2D eigenvalue weighted by Crippen LogP contribution is 2.25. The number of aromatic hydroxyl groups is 1. The number of nitrogens with one attached hydrogen (secondary N) is 8. The molecule has 0 unspecified atom stereocenters. The Morgan fingerprint density at radius 1 is 0.659 bits per heavy atom. The summed E-state index contributed by atoms with van der Waals surface area (Å²) in [5.74, 6) is -13.9. The number of rotatable bonds is 26. The molecule has 2 heterocycles. The Balaban J connectivity index is 2.15. The number of nitrogens with two attached hydrogens (primary N) is 3. The third kappa shape index (κ3) is 23.9. The minimum absolute atomic E-state index is 0.0391. The Morgan fingerprint density at radius 2 is 1.20 bits per heavy atom. The summed E-state index contributed by atoms with van der Waals surface area (Å²) >= 11 is 0. The van der Waals surface area contributed by atoms with Gasteiger partial charge in [0.15, 0.2) is 12.4 Å².